The van der Waals surface area contributed by atoms with E-state index in [-0.39, 0.29) is 11.3 Å². The number of aryl methyl sites for hydroxylation is 1. The summed E-state index contributed by atoms with van der Waals surface area (Å²) >= 11 is 0. The van der Waals surface area contributed by atoms with E-state index < -0.39 is 22.9 Å². The summed E-state index contributed by atoms with van der Waals surface area (Å²) in [5.74, 6) is 0. The highest BCUT2D eigenvalue weighted by molar-refractivity contribution is 7.90. The molecular weight excluding hydrogens is 361 g/mol. The molecule has 8 heteroatoms. The molecule has 2 aromatic carbocycles. The molecule has 0 aromatic heterocycles. The second-order valence-electron chi connectivity index (χ2n) is 6.17. The van der Waals surface area contributed by atoms with E-state index in [1.165, 1.54) is 26.0 Å². The van der Waals surface area contributed by atoms with Gasteiger partial charge >= 0.3 is 7.60 Å². The quantitative estimate of drug-likeness (QED) is 0.665. The van der Waals surface area contributed by atoms with Crippen molar-refractivity contribution in [3.05, 3.63) is 54.1 Å². The van der Waals surface area contributed by atoms with Crippen LogP contribution in [-0.4, -0.2) is 23.5 Å². The lowest BCUT2D eigenvalue weighted by Gasteiger charge is -2.29. The van der Waals surface area contributed by atoms with Gasteiger partial charge in [0.25, 0.3) is 0 Å². The molecule has 0 saturated heterocycles. The molecule has 3 N–H and O–H groups in total. The van der Waals surface area contributed by atoms with Crippen LogP contribution >= 0.6 is 7.60 Å². The van der Waals surface area contributed by atoms with Crippen LogP contribution in [0.2, 0.25) is 0 Å². The number of hydrogen-bond acceptors (Lipinski definition) is 3. The molecule has 0 amide bonds. The average molecular weight is 383 g/mol. The second kappa shape index (κ2) is 7.02. The van der Waals surface area contributed by atoms with Crippen LogP contribution in [0.1, 0.15) is 25.8 Å². The summed E-state index contributed by atoms with van der Waals surface area (Å²) in [4.78, 5) is 18.9. The standard InChI is InChI=1S/C17H22NO5PS/c1-4-17(3,24(19,20)21)18-25(22,23)16-10-8-14(9-11-16)15-7-5-6-13(2)12-15/h5-12,18H,4H2,1-3H3,(H2,19,20,21)/t17-/m1/s1. The van der Waals surface area contributed by atoms with Crippen molar-refractivity contribution in [2.24, 2.45) is 0 Å². The first-order valence-electron chi connectivity index (χ1n) is 7.75. The number of benzene rings is 2. The Balaban J connectivity index is 2.34. The molecule has 0 unspecified atom stereocenters. The van der Waals surface area contributed by atoms with Crippen molar-refractivity contribution in [2.45, 2.75) is 37.4 Å². The van der Waals surface area contributed by atoms with E-state index in [0.717, 1.165) is 16.7 Å². The Morgan fingerprint density at radius 3 is 2.16 bits per heavy atom. The Labute approximate surface area is 148 Å². The minimum Gasteiger partial charge on any atom is -0.323 e. The zero-order chi connectivity index (χ0) is 18.9. The zero-order valence-electron chi connectivity index (χ0n) is 14.3. The summed E-state index contributed by atoms with van der Waals surface area (Å²) in [5.41, 5.74) is 2.91. The van der Waals surface area contributed by atoms with Gasteiger partial charge in [0.2, 0.25) is 10.0 Å². The number of rotatable bonds is 6. The maximum atomic E-state index is 12.5. The van der Waals surface area contributed by atoms with Crippen LogP contribution in [0.25, 0.3) is 11.1 Å². The predicted octanol–water partition coefficient (Wildman–Crippen LogP) is 3.24. The number of hydrogen-bond donors (Lipinski definition) is 3. The van der Waals surface area contributed by atoms with E-state index in [1.54, 1.807) is 12.1 Å². The molecule has 0 bridgehead atoms. The highest BCUT2D eigenvalue weighted by atomic mass is 32.2. The third-order valence-electron chi connectivity index (χ3n) is 4.20. The van der Waals surface area contributed by atoms with E-state index in [9.17, 15) is 22.8 Å². The largest absolute Gasteiger partial charge is 0.346 e. The molecule has 2 aromatic rings. The van der Waals surface area contributed by atoms with E-state index in [4.69, 9.17) is 0 Å². The fourth-order valence-corrected chi connectivity index (χ4v) is 4.92. The van der Waals surface area contributed by atoms with Gasteiger partial charge in [-0.25, -0.2) is 8.42 Å². The first kappa shape index (κ1) is 19.8. The molecule has 0 heterocycles. The number of nitrogens with one attached hydrogen (secondary N) is 1. The van der Waals surface area contributed by atoms with Gasteiger partial charge in [-0.15, -0.1) is 0 Å². The van der Waals surface area contributed by atoms with Gasteiger partial charge in [-0.1, -0.05) is 48.9 Å². The lowest BCUT2D eigenvalue weighted by atomic mass is 10.0. The smallest absolute Gasteiger partial charge is 0.323 e. The van der Waals surface area contributed by atoms with Crippen molar-refractivity contribution >= 4 is 17.6 Å². The van der Waals surface area contributed by atoms with Gasteiger partial charge in [0.05, 0.1) is 4.90 Å². The Kier molecular flexibility index (Phi) is 5.56. The molecule has 0 aliphatic heterocycles. The third kappa shape index (κ3) is 4.37. The molecule has 6 nitrogen and oxygen atoms in total. The first-order chi connectivity index (χ1) is 11.5. The summed E-state index contributed by atoms with van der Waals surface area (Å²) in [6.45, 7) is 4.69. The average Bonchev–Trinajstić information content (AvgIpc) is 2.53. The number of sulfonamides is 1. The van der Waals surface area contributed by atoms with E-state index in [2.05, 4.69) is 4.72 Å². The highest BCUT2D eigenvalue weighted by Gasteiger charge is 2.44. The van der Waals surface area contributed by atoms with E-state index in [1.807, 2.05) is 31.2 Å². The maximum absolute atomic E-state index is 12.5. The van der Waals surface area contributed by atoms with Crippen molar-refractivity contribution in [3.8, 4) is 11.1 Å². The van der Waals surface area contributed by atoms with Gasteiger partial charge in [-0.3, -0.25) is 4.57 Å². The van der Waals surface area contributed by atoms with Crippen LogP contribution in [-0.2, 0) is 14.6 Å². The highest BCUT2D eigenvalue weighted by Crippen LogP contribution is 2.51. The fourth-order valence-electron chi connectivity index (χ4n) is 2.34. The summed E-state index contributed by atoms with van der Waals surface area (Å²) in [5, 5.41) is -1.85. The van der Waals surface area contributed by atoms with Crippen LogP contribution in [0.4, 0.5) is 0 Å². The SMILES string of the molecule is CC[C@](C)(NS(=O)(=O)c1ccc(-c2cccc(C)c2)cc1)P(=O)(O)O. The molecule has 2 rings (SSSR count). The molecule has 1 atom stereocenters. The molecule has 136 valence electrons. The van der Waals surface area contributed by atoms with Gasteiger partial charge in [0.1, 0.15) is 5.28 Å². The van der Waals surface area contributed by atoms with Crippen molar-refractivity contribution in [1.29, 1.82) is 0 Å². The Morgan fingerprint density at radius 1 is 1.08 bits per heavy atom. The van der Waals surface area contributed by atoms with Gasteiger partial charge < -0.3 is 9.79 Å². The molecular formula is C17H22NO5PS. The van der Waals surface area contributed by atoms with Crippen LogP contribution in [0.5, 0.6) is 0 Å². The van der Waals surface area contributed by atoms with E-state index >= 15 is 0 Å². The Bertz CT molecular complexity index is 905. The van der Waals surface area contributed by atoms with Gasteiger partial charge in [0, 0.05) is 0 Å². The second-order valence-corrected chi connectivity index (χ2v) is 9.93. The van der Waals surface area contributed by atoms with Gasteiger partial charge in [-0.2, -0.15) is 4.72 Å². The monoisotopic (exact) mass is 383 g/mol. The Morgan fingerprint density at radius 2 is 1.68 bits per heavy atom. The fraction of sp³-hybridized carbons (Fsp3) is 0.294. The molecule has 0 fully saturated rings. The minimum absolute atomic E-state index is 0.0438. The van der Waals surface area contributed by atoms with Gasteiger partial charge in [0.15, 0.2) is 0 Å². The molecule has 0 aliphatic rings. The van der Waals surface area contributed by atoms with Crippen LogP contribution in [0.15, 0.2) is 53.4 Å². The van der Waals surface area contributed by atoms with Crippen LogP contribution < -0.4 is 4.72 Å². The summed E-state index contributed by atoms with van der Waals surface area (Å²) in [6.07, 6.45) is -0.0438. The van der Waals surface area contributed by atoms with E-state index in [0.29, 0.717) is 0 Å². The van der Waals surface area contributed by atoms with Crippen LogP contribution in [0, 0.1) is 6.92 Å². The Hall–Kier alpha value is -1.50. The molecule has 0 radical (unpaired) electrons. The lowest BCUT2D eigenvalue weighted by Crippen LogP contribution is -2.45. The topological polar surface area (TPSA) is 104 Å². The van der Waals surface area contributed by atoms with Crippen molar-refractivity contribution in [3.63, 3.8) is 0 Å². The van der Waals surface area contributed by atoms with Crippen LogP contribution in [0.3, 0.4) is 0 Å². The normalized spacial score (nSPS) is 14.9. The zero-order valence-corrected chi connectivity index (χ0v) is 16.0. The lowest BCUT2D eigenvalue weighted by molar-refractivity contribution is 0.318. The maximum Gasteiger partial charge on any atom is 0.346 e. The first-order valence-corrected chi connectivity index (χ1v) is 10.8. The summed E-state index contributed by atoms with van der Waals surface area (Å²) < 4.78 is 38.8. The van der Waals surface area contributed by atoms with Crippen molar-refractivity contribution < 1.29 is 22.8 Å². The third-order valence-corrected chi connectivity index (χ3v) is 7.68. The van der Waals surface area contributed by atoms with Crippen molar-refractivity contribution in [1.82, 2.24) is 4.72 Å². The molecule has 25 heavy (non-hydrogen) atoms. The minimum atomic E-state index is -4.66. The molecule has 0 saturated carbocycles. The molecule has 0 spiro atoms. The predicted molar refractivity (Wildman–Crippen MR) is 97.7 cm³/mol. The summed E-state index contributed by atoms with van der Waals surface area (Å²) in [6, 6.07) is 14.0. The van der Waals surface area contributed by atoms with Gasteiger partial charge in [-0.05, 0) is 43.5 Å². The van der Waals surface area contributed by atoms with Crippen molar-refractivity contribution in [2.75, 3.05) is 0 Å². The molecule has 0 aliphatic carbocycles. The summed E-state index contributed by atoms with van der Waals surface area (Å²) in [7, 11) is -8.72.